The maximum Gasteiger partial charge on any atom is 0.0513 e. The summed E-state index contributed by atoms with van der Waals surface area (Å²) in [5.74, 6) is 0. The smallest absolute Gasteiger partial charge is 0.0513 e. The third-order valence-electron chi connectivity index (χ3n) is 4.56. The van der Waals surface area contributed by atoms with E-state index in [1.807, 2.05) is 69.7 Å². The molecule has 6 heteroatoms. The minimum absolute atomic E-state index is 1.32. The molecule has 0 aliphatic carbocycles. The Morgan fingerprint density at radius 3 is 1.17 bits per heavy atom. The monoisotopic (exact) mass is 494 g/mol. The van der Waals surface area contributed by atoms with E-state index in [-0.39, 0.29) is 0 Å². The molecule has 0 nitrogen and oxygen atoms in total. The second-order valence-electron chi connectivity index (χ2n) is 6.63. The van der Waals surface area contributed by atoms with E-state index in [4.69, 9.17) is 0 Å². The fourth-order valence-corrected chi connectivity index (χ4v) is 10.3. The maximum atomic E-state index is 2.32. The number of thiophene rings is 2. The Hall–Kier alpha value is -1.28. The van der Waals surface area contributed by atoms with Crippen LogP contribution in [0.1, 0.15) is 9.75 Å². The van der Waals surface area contributed by atoms with E-state index in [0.717, 1.165) is 0 Å². The molecule has 4 aromatic rings. The van der Waals surface area contributed by atoms with Gasteiger partial charge >= 0.3 is 0 Å². The lowest BCUT2D eigenvalue weighted by molar-refractivity contribution is 1.27. The van der Waals surface area contributed by atoms with E-state index in [0.29, 0.717) is 0 Å². The molecule has 146 valence electrons. The zero-order valence-electron chi connectivity index (χ0n) is 15.5. The molecule has 0 spiro atoms. The van der Waals surface area contributed by atoms with Crippen LogP contribution in [0.3, 0.4) is 0 Å². The van der Waals surface area contributed by atoms with Crippen molar-refractivity contribution >= 4 is 81.9 Å². The molecule has 0 fully saturated rings. The lowest BCUT2D eigenvalue weighted by Gasteiger charge is -1.93. The molecule has 2 aliphatic rings. The van der Waals surface area contributed by atoms with Gasteiger partial charge in [0.05, 0.1) is 8.47 Å². The van der Waals surface area contributed by atoms with Crippen LogP contribution in [-0.2, 0) is 0 Å². The van der Waals surface area contributed by atoms with E-state index < -0.39 is 0 Å². The molecule has 0 saturated carbocycles. The number of benzene rings is 2. The Morgan fingerprint density at radius 2 is 0.800 bits per heavy atom. The van der Waals surface area contributed by atoms with Crippen molar-refractivity contribution < 1.29 is 0 Å². The summed E-state index contributed by atoms with van der Waals surface area (Å²) in [5.41, 5.74) is 0. The first kappa shape index (κ1) is 19.4. The molecule has 0 unspecified atom stereocenters. The van der Waals surface area contributed by atoms with Crippen molar-refractivity contribution in [2.45, 2.75) is 19.6 Å². The molecule has 2 aliphatic heterocycles. The highest BCUT2D eigenvalue weighted by molar-refractivity contribution is 8.25. The van der Waals surface area contributed by atoms with Crippen molar-refractivity contribution in [1.82, 2.24) is 0 Å². The molecule has 0 N–H and O–H groups in total. The van der Waals surface area contributed by atoms with Crippen LogP contribution < -0.4 is 0 Å². The van der Waals surface area contributed by atoms with Crippen LogP contribution in [0.15, 0.2) is 101 Å². The normalized spacial score (nSPS) is 14.7. The molecular formula is C24H14S6. The van der Waals surface area contributed by atoms with E-state index in [9.17, 15) is 0 Å². The Kier molecular flexibility index (Phi) is 5.39. The van der Waals surface area contributed by atoms with Crippen LogP contribution in [-0.4, -0.2) is 0 Å². The van der Waals surface area contributed by atoms with Crippen LogP contribution in [0, 0.1) is 0 Å². The van der Waals surface area contributed by atoms with Crippen molar-refractivity contribution in [3.05, 3.63) is 91.0 Å². The van der Waals surface area contributed by atoms with Gasteiger partial charge < -0.3 is 0 Å². The molecule has 6 rings (SSSR count). The van der Waals surface area contributed by atoms with Gasteiger partial charge in [-0.05, 0) is 60.7 Å². The lowest BCUT2D eigenvalue weighted by Crippen LogP contribution is -1.65. The summed E-state index contributed by atoms with van der Waals surface area (Å²) in [6.45, 7) is 0. The topological polar surface area (TPSA) is 0 Å². The predicted molar refractivity (Wildman–Crippen MR) is 140 cm³/mol. The minimum Gasteiger partial charge on any atom is -0.135 e. The third kappa shape index (κ3) is 3.97. The molecule has 0 saturated heterocycles. The minimum atomic E-state index is 1.32. The van der Waals surface area contributed by atoms with Gasteiger partial charge in [0.25, 0.3) is 0 Å². The van der Waals surface area contributed by atoms with Crippen molar-refractivity contribution in [3.8, 4) is 9.75 Å². The van der Waals surface area contributed by atoms with Gasteiger partial charge in [-0.1, -0.05) is 71.3 Å². The first-order valence-electron chi connectivity index (χ1n) is 9.33. The molecule has 2 aromatic carbocycles. The number of hydrogen-bond acceptors (Lipinski definition) is 6. The van der Waals surface area contributed by atoms with Crippen molar-refractivity contribution in [3.63, 3.8) is 0 Å². The highest BCUT2D eigenvalue weighted by Gasteiger charge is 2.18. The van der Waals surface area contributed by atoms with Crippen LogP contribution >= 0.6 is 69.7 Å². The highest BCUT2D eigenvalue weighted by Crippen LogP contribution is 2.53. The van der Waals surface area contributed by atoms with Gasteiger partial charge in [0.1, 0.15) is 0 Å². The summed E-state index contributed by atoms with van der Waals surface area (Å²) in [4.78, 5) is 10.8. The average molecular weight is 495 g/mol. The summed E-state index contributed by atoms with van der Waals surface area (Å²) in [6, 6.07) is 26.3. The van der Waals surface area contributed by atoms with E-state index in [2.05, 4.69) is 84.9 Å². The van der Waals surface area contributed by atoms with Crippen LogP contribution in [0.5, 0.6) is 0 Å². The molecular weight excluding hydrogens is 481 g/mol. The van der Waals surface area contributed by atoms with E-state index in [1.54, 1.807) is 0 Å². The fraction of sp³-hybridized carbons (Fsp3) is 0. The molecule has 0 amide bonds. The van der Waals surface area contributed by atoms with Gasteiger partial charge in [-0.25, -0.2) is 0 Å². The standard InChI is InChI=1S/C24H14S6/c1-2-6-18-17(5-1)27-23(28-18)13-15-9-11-21(25-15)22-12-10-16(26-22)14-24-29-19-7-3-4-8-20(19)30-24/h1-14H. The zero-order valence-corrected chi connectivity index (χ0v) is 20.4. The van der Waals surface area contributed by atoms with Gasteiger partial charge in [0.15, 0.2) is 0 Å². The van der Waals surface area contributed by atoms with Crippen molar-refractivity contribution in [1.29, 1.82) is 0 Å². The summed E-state index contributed by atoms with van der Waals surface area (Å²) in [7, 11) is 0. The van der Waals surface area contributed by atoms with Crippen molar-refractivity contribution in [2.24, 2.45) is 0 Å². The van der Waals surface area contributed by atoms with Gasteiger partial charge in [-0.15, -0.1) is 22.7 Å². The quantitative estimate of drug-likeness (QED) is 0.278. The Balaban J connectivity index is 1.19. The Morgan fingerprint density at radius 1 is 0.433 bits per heavy atom. The zero-order chi connectivity index (χ0) is 19.9. The number of hydrogen-bond donors (Lipinski definition) is 0. The van der Waals surface area contributed by atoms with E-state index in [1.165, 1.54) is 47.6 Å². The van der Waals surface area contributed by atoms with Gasteiger partial charge in [-0.2, -0.15) is 0 Å². The predicted octanol–water partition coefficient (Wildman–Crippen LogP) is 9.87. The first-order chi connectivity index (χ1) is 14.8. The summed E-state index contributed by atoms with van der Waals surface area (Å²) < 4.78 is 2.71. The van der Waals surface area contributed by atoms with Gasteiger partial charge in [0.2, 0.25) is 0 Å². The first-order valence-corrected chi connectivity index (χ1v) is 14.2. The maximum absolute atomic E-state index is 2.32. The number of thioether (sulfide) groups is 4. The second kappa shape index (κ2) is 8.34. The summed E-state index contributed by atoms with van der Waals surface area (Å²) in [6.07, 6.45) is 4.64. The Bertz CT molecular complexity index is 1150. The molecule has 0 atom stereocenters. The summed E-state index contributed by atoms with van der Waals surface area (Å²) >= 11 is 11.2. The molecule has 0 radical (unpaired) electrons. The Labute approximate surface area is 200 Å². The van der Waals surface area contributed by atoms with Crippen LogP contribution in [0.4, 0.5) is 0 Å². The molecule has 4 heterocycles. The van der Waals surface area contributed by atoms with Crippen molar-refractivity contribution in [2.75, 3.05) is 0 Å². The highest BCUT2D eigenvalue weighted by atomic mass is 32.2. The third-order valence-corrected chi connectivity index (χ3v) is 11.7. The average Bonchev–Trinajstić information content (AvgIpc) is 3.53. The van der Waals surface area contributed by atoms with Gasteiger partial charge in [0, 0.05) is 39.1 Å². The number of rotatable bonds is 3. The fourth-order valence-electron chi connectivity index (χ4n) is 3.19. The molecule has 2 aromatic heterocycles. The van der Waals surface area contributed by atoms with Crippen LogP contribution in [0.2, 0.25) is 0 Å². The summed E-state index contributed by atoms with van der Waals surface area (Å²) in [5, 5.41) is 0. The lowest BCUT2D eigenvalue weighted by atomic mass is 10.3. The molecule has 30 heavy (non-hydrogen) atoms. The SMILES string of the molecule is C(=C1Sc2ccccc2S1)c1ccc(-c2ccc(C=C3Sc4ccccc4S3)s2)s1. The van der Waals surface area contributed by atoms with Gasteiger partial charge in [-0.3, -0.25) is 0 Å². The largest absolute Gasteiger partial charge is 0.135 e. The van der Waals surface area contributed by atoms with Crippen LogP contribution in [0.25, 0.3) is 21.9 Å². The van der Waals surface area contributed by atoms with E-state index >= 15 is 0 Å². The second-order valence-corrected chi connectivity index (χ2v) is 13.7. The molecule has 0 bridgehead atoms. The number of fused-ring (bicyclic) bond motifs is 2.